The van der Waals surface area contributed by atoms with Crippen LogP contribution in [0.2, 0.25) is 0 Å². The third-order valence-corrected chi connectivity index (χ3v) is 4.56. The molecule has 3 aromatic rings. The lowest BCUT2D eigenvalue weighted by atomic mass is 9.96. The summed E-state index contributed by atoms with van der Waals surface area (Å²) in [6.07, 6.45) is 3.80. The third kappa shape index (κ3) is 3.16. The van der Waals surface area contributed by atoms with Crippen LogP contribution in [-0.2, 0) is 5.60 Å². The number of aliphatic hydroxyl groups is 1. The molecule has 1 unspecified atom stereocenters. The number of pyridine rings is 1. The number of rotatable bonds is 5. The van der Waals surface area contributed by atoms with Crippen molar-refractivity contribution in [2.24, 2.45) is 0 Å². The van der Waals surface area contributed by atoms with Crippen molar-refractivity contribution in [3.05, 3.63) is 66.0 Å². The average Bonchev–Trinajstić information content (AvgIpc) is 2.99. The second-order valence-corrected chi connectivity index (χ2v) is 6.50. The van der Waals surface area contributed by atoms with Crippen LogP contribution in [0.3, 0.4) is 0 Å². The Morgan fingerprint density at radius 2 is 1.96 bits per heavy atom. The van der Waals surface area contributed by atoms with Gasteiger partial charge in [-0.05, 0) is 30.9 Å². The van der Waals surface area contributed by atoms with E-state index >= 15 is 0 Å². The molecule has 0 saturated carbocycles. The monoisotopic (exact) mass is 341 g/mol. The normalized spacial score (nSPS) is 13.6. The quantitative estimate of drug-likeness (QED) is 0.700. The molecule has 0 aliphatic carbocycles. The van der Waals surface area contributed by atoms with Gasteiger partial charge in [-0.2, -0.15) is 0 Å². The number of nitrogens with one attached hydrogen (secondary N) is 1. The molecule has 2 heterocycles. The smallest absolute Gasteiger partial charge is 0.272 e. The van der Waals surface area contributed by atoms with E-state index < -0.39 is 5.60 Å². The number of imidazole rings is 1. The maximum atomic E-state index is 12.6. The lowest BCUT2D eigenvalue weighted by Crippen LogP contribution is -2.38. The van der Waals surface area contributed by atoms with E-state index in [1.165, 1.54) is 11.8 Å². The minimum absolute atomic E-state index is 0.107. The average molecular weight is 341 g/mol. The van der Waals surface area contributed by atoms with E-state index in [9.17, 15) is 9.90 Å². The first kappa shape index (κ1) is 16.5. The summed E-state index contributed by atoms with van der Waals surface area (Å²) in [5.41, 5.74) is 0.724. The predicted molar refractivity (Wildman–Crippen MR) is 95.3 cm³/mol. The summed E-state index contributed by atoms with van der Waals surface area (Å²) in [4.78, 5) is 17.0. The highest BCUT2D eigenvalue weighted by atomic mass is 32.2. The zero-order valence-corrected chi connectivity index (χ0v) is 14.4. The van der Waals surface area contributed by atoms with Crippen LogP contribution in [-0.4, -0.2) is 33.2 Å². The van der Waals surface area contributed by atoms with Gasteiger partial charge in [0.1, 0.15) is 5.60 Å². The molecule has 3 rings (SSSR count). The molecule has 0 fully saturated rings. The van der Waals surface area contributed by atoms with Crippen LogP contribution in [0.15, 0.2) is 59.9 Å². The van der Waals surface area contributed by atoms with Crippen molar-refractivity contribution in [2.75, 3.05) is 12.8 Å². The molecule has 1 atom stereocenters. The van der Waals surface area contributed by atoms with Gasteiger partial charge in [-0.15, -0.1) is 0 Å². The largest absolute Gasteiger partial charge is 0.384 e. The summed E-state index contributed by atoms with van der Waals surface area (Å²) in [6.45, 7) is 1.79. The lowest BCUT2D eigenvalue weighted by molar-refractivity contribution is 0.0525. The zero-order chi connectivity index (χ0) is 17.2. The van der Waals surface area contributed by atoms with E-state index in [-0.39, 0.29) is 12.5 Å². The fraction of sp³-hybridized carbons (Fsp3) is 0.222. The maximum absolute atomic E-state index is 12.6. The number of benzene rings is 1. The molecule has 124 valence electrons. The molecule has 0 aliphatic heterocycles. The van der Waals surface area contributed by atoms with Crippen molar-refractivity contribution in [3.8, 4) is 0 Å². The topological polar surface area (TPSA) is 66.6 Å². The van der Waals surface area contributed by atoms with Crippen molar-refractivity contribution < 1.29 is 9.90 Å². The highest BCUT2D eigenvalue weighted by Gasteiger charge is 2.25. The van der Waals surface area contributed by atoms with E-state index in [1.807, 2.05) is 65.4 Å². The number of hydrogen-bond acceptors (Lipinski definition) is 4. The molecule has 24 heavy (non-hydrogen) atoms. The molecule has 0 radical (unpaired) electrons. The molecular weight excluding hydrogens is 322 g/mol. The van der Waals surface area contributed by atoms with Crippen LogP contribution in [0.25, 0.3) is 5.52 Å². The van der Waals surface area contributed by atoms with Gasteiger partial charge in [-0.1, -0.05) is 48.2 Å². The Bertz CT molecular complexity index is 859. The van der Waals surface area contributed by atoms with Crippen molar-refractivity contribution in [3.63, 3.8) is 0 Å². The Morgan fingerprint density at radius 3 is 2.67 bits per heavy atom. The van der Waals surface area contributed by atoms with Crippen LogP contribution in [0.5, 0.6) is 0 Å². The van der Waals surface area contributed by atoms with Gasteiger partial charge >= 0.3 is 0 Å². The van der Waals surface area contributed by atoms with Crippen molar-refractivity contribution in [1.29, 1.82) is 0 Å². The molecule has 6 heteroatoms. The number of carbonyl (C=O) groups is 1. The second kappa shape index (κ2) is 6.67. The summed E-state index contributed by atoms with van der Waals surface area (Å²) in [5.74, 6) is -0.296. The number of fused-ring (bicyclic) bond motifs is 1. The van der Waals surface area contributed by atoms with Gasteiger partial charge in [0.25, 0.3) is 5.91 Å². The van der Waals surface area contributed by atoms with Gasteiger partial charge in [0.15, 0.2) is 10.9 Å². The highest BCUT2D eigenvalue weighted by Crippen LogP contribution is 2.21. The van der Waals surface area contributed by atoms with E-state index in [4.69, 9.17) is 0 Å². The predicted octanol–water partition coefficient (Wildman–Crippen LogP) is 2.69. The van der Waals surface area contributed by atoms with Gasteiger partial charge in [0, 0.05) is 6.20 Å². The maximum Gasteiger partial charge on any atom is 0.272 e. The summed E-state index contributed by atoms with van der Waals surface area (Å²) in [5, 5.41) is 14.2. The number of amides is 1. The Labute approximate surface area is 144 Å². The van der Waals surface area contributed by atoms with E-state index in [1.54, 1.807) is 6.92 Å². The van der Waals surface area contributed by atoms with Crippen LogP contribution >= 0.6 is 11.8 Å². The molecular formula is C18H19N3O2S. The molecule has 0 aliphatic rings. The van der Waals surface area contributed by atoms with Gasteiger partial charge in [0.05, 0.1) is 12.1 Å². The molecule has 0 saturated heterocycles. The van der Waals surface area contributed by atoms with Gasteiger partial charge in [-0.3, -0.25) is 9.20 Å². The number of aromatic nitrogens is 2. The van der Waals surface area contributed by atoms with Crippen LogP contribution in [0, 0.1) is 0 Å². The molecule has 1 amide bonds. The SMILES string of the molecule is CSc1nc(C(=O)NCC(C)(O)c2ccccc2)c2ccccn12. The second-order valence-electron chi connectivity index (χ2n) is 5.73. The Morgan fingerprint density at radius 1 is 1.25 bits per heavy atom. The van der Waals surface area contributed by atoms with Gasteiger partial charge in [0.2, 0.25) is 0 Å². The Kier molecular flexibility index (Phi) is 4.59. The van der Waals surface area contributed by atoms with Crippen molar-refractivity contribution in [1.82, 2.24) is 14.7 Å². The summed E-state index contributed by atoms with van der Waals surface area (Å²) >= 11 is 1.48. The molecule has 2 N–H and O–H groups in total. The fourth-order valence-electron chi connectivity index (χ4n) is 2.56. The Hall–Kier alpha value is -2.31. The van der Waals surface area contributed by atoms with Gasteiger partial charge < -0.3 is 10.4 Å². The first-order valence-electron chi connectivity index (χ1n) is 7.60. The number of hydrogen-bond donors (Lipinski definition) is 2. The summed E-state index contributed by atoms with van der Waals surface area (Å²) in [6, 6.07) is 14.9. The minimum Gasteiger partial charge on any atom is -0.384 e. The standard InChI is InChI=1S/C18H19N3O2S/c1-18(23,13-8-4-3-5-9-13)12-19-16(22)15-14-10-6-7-11-21(14)17(20-15)24-2/h3-11,23H,12H2,1-2H3,(H,19,22). The van der Waals surface area contributed by atoms with E-state index in [2.05, 4.69) is 10.3 Å². The first-order chi connectivity index (χ1) is 11.5. The van der Waals surface area contributed by atoms with E-state index in [0.29, 0.717) is 5.69 Å². The third-order valence-electron chi connectivity index (χ3n) is 3.90. The fourth-order valence-corrected chi connectivity index (χ4v) is 3.09. The number of thioether (sulfide) groups is 1. The lowest BCUT2D eigenvalue weighted by Gasteiger charge is -2.24. The molecule has 5 nitrogen and oxygen atoms in total. The molecule has 1 aromatic carbocycles. The minimum atomic E-state index is -1.14. The molecule has 2 aromatic heterocycles. The van der Waals surface area contributed by atoms with Crippen molar-refractivity contribution in [2.45, 2.75) is 17.7 Å². The first-order valence-corrected chi connectivity index (χ1v) is 8.82. The van der Waals surface area contributed by atoms with Crippen LogP contribution in [0.4, 0.5) is 0 Å². The summed E-state index contributed by atoms with van der Waals surface area (Å²) < 4.78 is 1.88. The van der Waals surface area contributed by atoms with Crippen molar-refractivity contribution >= 4 is 23.2 Å². The van der Waals surface area contributed by atoms with E-state index in [0.717, 1.165) is 16.2 Å². The van der Waals surface area contributed by atoms with Crippen LogP contribution in [0.1, 0.15) is 23.0 Å². The molecule has 0 bridgehead atoms. The van der Waals surface area contributed by atoms with Crippen LogP contribution < -0.4 is 5.32 Å². The Balaban J connectivity index is 1.81. The number of carbonyl (C=O) groups excluding carboxylic acids is 1. The molecule has 0 spiro atoms. The summed E-state index contributed by atoms with van der Waals surface area (Å²) in [7, 11) is 0. The number of nitrogens with zero attached hydrogens (tertiary/aromatic N) is 2. The zero-order valence-electron chi connectivity index (χ0n) is 13.6. The highest BCUT2D eigenvalue weighted by molar-refractivity contribution is 7.98. The van der Waals surface area contributed by atoms with Gasteiger partial charge in [-0.25, -0.2) is 4.98 Å².